The van der Waals surface area contributed by atoms with Crippen LogP contribution in [-0.2, 0) is 9.47 Å². The predicted octanol–water partition coefficient (Wildman–Crippen LogP) is 1.26. The average molecular weight is 264 g/mol. The minimum Gasteiger partial charge on any atom is -0.465 e. The second kappa shape index (κ2) is 7.11. The Hall–Kier alpha value is -1.59. The van der Waals surface area contributed by atoms with Crippen LogP contribution in [0.5, 0.6) is 0 Å². The van der Waals surface area contributed by atoms with Gasteiger partial charge >= 0.3 is 5.97 Å². The number of carbonyl (C=O) groups is 1. The van der Waals surface area contributed by atoms with Crippen LogP contribution >= 0.6 is 0 Å². The van der Waals surface area contributed by atoms with Gasteiger partial charge in [0.25, 0.3) is 0 Å². The summed E-state index contributed by atoms with van der Waals surface area (Å²) in [7, 11) is 1.38. The lowest BCUT2D eigenvalue weighted by Gasteiger charge is -2.23. The predicted molar refractivity (Wildman–Crippen MR) is 73.5 cm³/mol. The van der Waals surface area contributed by atoms with Crippen molar-refractivity contribution >= 4 is 11.7 Å². The molecule has 2 N–H and O–H groups in total. The Bertz CT molecular complexity index is 417. The zero-order valence-corrected chi connectivity index (χ0v) is 11.1. The summed E-state index contributed by atoms with van der Waals surface area (Å²) in [6.45, 7) is 3.44. The molecular formula is C14H20N2O3. The van der Waals surface area contributed by atoms with Crippen LogP contribution in [-0.4, -0.2) is 45.4 Å². The highest BCUT2D eigenvalue weighted by Gasteiger charge is 2.12. The molecule has 104 valence electrons. The van der Waals surface area contributed by atoms with Crippen LogP contribution in [0.4, 0.5) is 5.69 Å². The fourth-order valence-corrected chi connectivity index (χ4v) is 2.06. The van der Waals surface area contributed by atoms with Crippen molar-refractivity contribution in [2.45, 2.75) is 12.5 Å². The van der Waals surface area contributed by atoms with Crippen molar-refractivity contribution in [2.24, 2.45) is 0 Å². The lowest BCUT2D eigenvalue weighted by Crippen LogP contribution is -2.39. The smallest absolute Gasteiger partial charge is 0.337 e. The molecule has 1 aliphatic heterocycles. The minimum atomic E-state index is -0.316. The Morgan fingerprint density at radius 2 is 2.47 bits per heavy atom. The molecule has 1 heterocycles. The largest absolute Gasteiger partial charge is 0.465 e. The fraction of sp³-hybridized carbons (Fsp3) is 0.500. The van der Waals surface area contributed by atoms with Gasteiger partial charge in [0.2, 0.25) is 0 Å². The summed E-state index contributed by atoms with van der Waals surface area (Å²) in [6, 6.07) is 7.32. The van der Waals surface area contributed by atoms with Crippen molar-refractivity contribution in [3.63, 3.8) is 0 Å². The molecule has 0 spiro atoms. The SMILES string of the molecule is COC(=O)c1cccc(NCCC2CNCCO2)c1. The third kappa shape index (κ3) is 4.22. The van der Waals surface area contributed by atoms with Crippen LogP contribution in [0.2, 0.25) is 0 Å². The maximum atomic E-state index is 11.4. The van der Waals surface area contributed by atoms with Crippen LogP contribution in [0.25, 0.3) is 0 Å². The summed E-state index contributed by atoms with van der Waals surface area (Å²) in [5, 5.41) is 6.60. The Labute approximate surface area is 113 Å². The molecule has 5 nitrogen and oxygen atoms in total. The van der Waals surface area contributed by atoms with Crippen molar-refractivity contribution in [1.29, 1.82) is 0 Å². The topological polar surface area (TPSA) is 59.6 Å². The molecule has 0 aliphatic carbocycles. The van der Waals surface area contributed by atoms with Crippen LogP contribution < -0.4 is 10.6 Å². The summed E-state index contributed by atoms with van der Waals surface area (Å²) in [6.07, 6.45) is 1.21. The van der Waals surface area contributed by atoms with Crippen LogP contribution in [0.3, 0.4) is 0 Å². The fourth-order valence-electron chi connectivity index (χ4n) is 2.06. The molecule has 2 rings (SSSR count). The van der Waals surface area contributed by atoms with Gasteiger partial charge in [-0.25, -0.2) is 4.79 Å². The maximum absolute atomic E-state index is 11.4. The van der Waals surface area contributed by atoms with E-state index in [4.69, 9.17) is 9.47 Å². The van der Waals surface area contributed by atoms with E-state index in [0.717, 1.165) is 38.3 Å². The van der Waals surface area contributed by atoms with Crippen molar-refractivity contribution in [2.75, 3.05) is 38.7 Å². The lowest BCUT2D eigenvalue weighted by atomic mass is 10.2. The van der Waals surface area contributed by atoms with E-state index < -0.39 is 0 Å². The average Bonchev–Trinajstić information content (AvgIpc) is 2.48. The zero-order chi connectivity index (χ0) is 13.5. The highest BCUT2D eigenvalue weighted by Crippen LogP contribution is 2.12. The van der Waals surface area contributed by atoms with Gasteiger partial charge < -0.3 is 20.1 Å². The molecule has 1 unspecified atom stereocenters. The number of morpholine rings is 1. The third-order valence-electron chi connectivity index (χ3n) is 3.08. The molecular weight excluding hydrogens is 244 g/mol. The highest BCUT2D eigenvalue weighted by molar-refractivity contribution is 5.90. The second-order valence-electron chi connectivity index (χ2n) is 4.48. The molecule has 0 amide bonds. The number of ether oxygens (including phenoxy) is 2. The van der Waals surface area contributed by atoms with Gasteiger partial charge in [-0.1, -0.05) is 6.07 Å². The Morgan fingerprint density at radius 1 is 1.58 bits per heavy atom. The monoisotopic (exact) mass is 264 g/mol. The number of esters is 1. The molecule has 5 heteroatoms. The van der Waals surface area contributed by atoms with Crippen LogP contribution in [0, 0.1) is 0 Å². The molecule has 1 fully saturated rings. The van der Waals surface area contributed by atoms with E-state index in [9.17, 15) is 4.79 Å². The van der Waals surface area contributed by atoms with Crippen molar-refractivity contribution in [1.82, 2.24) is 5.32 Å². The number of anilines is 1. The first-order chi connectivity index (χ1) is 9.29. The number of hydrogen-bond acceptors (Lipinski definition) is 5. The number of benzene rings is 1. The summed E-state index contributed by atoms with van der Waals surface area (Å²) in [5.74, 6) is -0.316. The van der Waals surface area contributed by atoms with E-state index in [0.29, 0.717) is 5.56 Å². The Balaban J connectivity index is 1.80. The van der Waals surface area contributed by atoms with E-state index in [1.807, 2.05) is 12.1 Å². The van der Waals surface area contributed by atoms with Gasteiger partial charge in [-0.3, -0.25) is 0 Å². The molecule has 1 saturated heterocycles. The summed E-state index contributed by atoms with van der Waals surface area (Å²) in [5.41, 5.74) is 1.48. The van der Waals surface area contributed by atoms with Crippen molar-refractivity contribution in [3.05, 3.63) is 29.8 Å². The van der Waals surface area contributed by atoms with E-state index >= 15 is 0 Å². The molecule has 0 bridgehead atoms. The molecule has 0 saturated carbocycles. The standard InChI is InChI=1S/C14H20N2O3/c1-18-14(17)11-3-2-4-12(9-11)16-6-5-13-10-15-7-8-19-13/h2-4,9,13,15-16H,5-8,10H2,1H3. The van der Waals surface area contributed by atoms with E-state index in [2.05, 4.69) is 10.6 Å². The number of carbonyl (C=O) groups excluding carboxylic acids is 1. The first kappa shape index (κ1) is 13.8. The van der Waals surface area contributed by atoms with Gasteiger partial charge in [-0.05, 0) is 24.6 Å². The van der Waals surface area contributed by atoms with Crippen LogP contribution in [0.15, 0.2) is 24.3 Å². The number of rotatable bonds is 5. The van der Waals surface area contributed by atoms with E-state index in [1.54, 1.807) is 12.1 Å². The molecule has 0 aromatic heterocycles. The van der Waals surface area contributed by atoms with Gasteiger partial charge in [0.05, 0.1) is 25.4 Å². The van der Waals surface area contributed by atoms with Crippen LogP contribution in [0.1, 0.15) is 16.8 Å². The van der Waals surface area contributed by atoms with Gasteiger partial charge in [-0.2, -0.15) is 0 Å². The number of nitrogens with one attached hydrogen (secondary N) is 2. The summed E-state index contributed by atoms with van der Waals surface area (Å²) in [4.78, 5) is 11.4. The first-order valence-electron chi connectivity index (χ1n) is 6.54. The number of methoxy groups -OCH3 is 1. The summed E-state index contributed by atoms with van der Waals surface area (Å²) < 4.78 is 10.3. The molecule has 19 heavy (non-hydrogen) atoms. The first-order valence-corrected chi connectivity index (χ1v) is 6.54. The number of hydrogen-bond donors (Lipinski definition) is 2. The second-order valence-corrected chi connectivity index (χ2v) is 4.48. The summed E-state index contributed by atoms with van der Waals surface area (Å²) >= 11 is 0. The van der Waals surface area contributed by atoms with Gasteiger partial charge in [-0.15, -0.1) is 0 Å². The third-order valence-corrected chi connectivity index (χ3v) is 3.08. The van der Waals surface area contributed by atoms with Crippen molar-refractivity contribution in [3.8, 4) is 0 Å². The minimum absolute atomic E-state index is 0.269. The molecule has 0 radical (unpaired) electrons. The van der Waals surface area contributed by atoms with Gasteiger partial charge in [0.15, 0.2) is 0 Å². The van der Waals surface area contributed by atoms with Gasteiger partial charge in [0, 0.05) is 25.3 Å². The highest BCUT2D eigenvalue weighted by atomic mass is 16.5. The molecule has 1 aliphatic rings. The van der Waals surface area contributed by atoms with Gasteiger partial charge in [0.1, 0.15) is 0 Å². The molecule has 1 atom stereocenters. The quantitative estimate of drug-likeness (QED) is 0.784. The van der Waals surface area contributed by atoms with E-state index in [-0.39, 0.29) is 12.1 Å². The molecule has 1 aromatic carbocycles. The van der Waals surface area contributed by atoms with E-state index in [1.165, 1.54) is 7.11 Å². The lowest BCUT2D eigenvalue weighted by molar-refractivity contribution is 0.0258. The van der Waals surface area contributed by atoms with Crippen molar-refractivity contribution < 1.29 is 14.3 Å². The zero-order valence-electron chi connectivity index (χ0n) is 11.1. The Morgan fingerprint density at radius 3 is 3.21 bits per heavy atom. The Kier molecular flexibility index (Phi) is 5.18. The molecule has 1 aromatic rings. The normalized spacial score (nSPS) is 18.9. The maximum Gasteiger partial charge on any atom is 0.337 e.